The van der Waals surface area contributed by atoms with Gasteiger partial charge in [0.2, 0.25) is 5.79 Å². The minimum Gasteiger partial charge on any atom is -0.496 e. The second-order valence-corrected chi connectivity index (χ2v) is 4.02. The van der Waals surface area contributed by atoms with Crippen molar-refractivity contribution in [3.05, 3.63) is 23.8 Å². The van der Waals surface area contributed by atoms with Crippen molar-refractivity contribution in [2.75, 3.05) is 7.11 Å². The molecule has 2 heterocycles. The minimum atomic E-state index is -0.482. The molecule has 0 N–H and O–H groups in total. The van der Waals surface area contributed by atoms with E-state index in [2.05, 4.69) is 0 Å². The van der Waals surface area contributed by atoms with Crippen molar-refractivity contribution in [1.82, 2.24) is 0 Å². The van der Waals surface area contributed by atoms with Crippen LogP contribution in [-0.2, 0) is 10.3 Å². The van der Waals surface area contributed by atoms with Crippen LogP contribution in [-0.4, -0.2) is 12.9 Å². The Bertz CT molecular complexity index is 415. The van der Waals surface area contributed by atoms with Gasteiger partial charge in [0.05, 0.1) is 12.7 Å². The Hall–Kier alpha value is -1.22. The molecule has 74 valence electrons. The maximum absolute atomic E-state index is 5.71. The van der Waals surface area contributed by atoms with Gasteiger partial charge in [-0.2, -0.15) is 0 Å². The molecule has 0 radical (unpaired) electrons. The largest absolute Gasteiger partial charge is 0.496 e. The molecule has 0 aromatic heterocycles. The van der Waals surface area contributed by atoms with Gasteiger partial charge in [0, 0.05) is 6.92 Å². The summed E-state index contributed by atoms with van der Waals surface area (Å²) in [6, 6.07) is 5.81. The van der Waals surface area contributed by atoms with Crippen molar-refractivity contribution >= 4 is 0 Å². The maximum atomic E-state index is 5.71. The fraction of sp³-hybridized carbons (Fsp3) is 0.455. The highest BCUT2D eigenvalue weighted by atomic mass is 16.8. The molecule has 0 unspecified atom stereocenters. The third-order valence-electron chi connectivity index (χ3n) is 3.21. The molecule has 1 aromatic carbocycles. The zero-order valence-corrected chi connectivity index (χ0v) is 8.46. The molecule has 2 atom stereocenters. The van der Waals surface area contributed by atoms with E-state index >= 15 is 0 Å². The van der Waals surface area contributed by atoms with Crippen LogP contribution < -0.4 is 9.47 Å². The van der Waals surface area contributed by atoms with Crippen molar-refractivity contribution in [1.29, 1.82) is 0 Å². The number of epoxide rings is 1. The number of ether oxygens (including phenoxy) is 3. The highest BCUT2D eigenvalue weighted by Gasteiger charge is 2.73. The topological polar surface area (TPSA) is 31.0 Å². The molecule has 1 saturated heterocycles. The standard InChI is InChI=1S/C11H12O3/c1-10-9-7(12-3)5-4-6-8(9)13-11(10,2)14-10/h4-6H,1-3H3/t10-,11-/m0/s1. The molecule has 1 aromatic rings. The molecule has 0 aliphatic carbocycles. The van der Waals surface area contributed by atoms with Crippen molar-refractivity contribution in [3.63, 3.8) is 0 Å². The molecule has 1 fully saturated rings. The first-order chi connectivity index (χ1) is 6.61. The third kappa shape index (κ3) is 0.686. The van der Waals surface area contributed by atoms with Gasteiger partial charge >= 0.3 is 0 Å². The predicted molar refractivity (Wildman–Crippen MR) is 50.5 cm³/mol. The van der Waals surface area contributed by atoms with Crippen LogP contribution in [0.25, 0.3) is 0 Å². The van der Waals surface area contributed by atoms with Crippen LogP contribution in [0.1, 0.15) is 19.4 Å². The number of hydrogen-bond donors (Lipinski definition) is 0. The SMILES string of the molecule is COc1cccc2c1[C@]1(C)O[C@]1(C)O2. The van der Waals surface area contributed by atoms with E-state index in [0.717, 1.165) is 17.1 Å². The van der Waals surface area contributed by atoms with Crippen LogP contribution in [0, 0.1) is 0 Å². The van der Waals surface area contributed by atoms with E-state index in [4.69, 9.17) is 14.2 Å². The molecule has 0 saturated carbocycles. The van der Waals surface area contributed by atoms with E-state index < -0.39 is 5.79 Å². The van der Waals surface area contributed by atoms with Gasteiger partial charge in [-0.1, -0.05) is 6.07 Å². The summed E-state index contributed by atoms with van der Waals surface area (Å²) >= 11 is 0. The number of benzene rings is 1. The highest BCUT2D eigenvalue weighted by Crippen LogP contribution is 2.65. The summed E-state index contributed by atoms with van der Waals surface area (Å²) in [5.74, 6) is 1.23. The van der Waals surface area contributed by atoms with Crippen LogP contribution in [0.3, 0.4) is 0 Å². The molecular formula is C11H12O3. The fourth-order valence-electron chi connectivity index (χ4n) is 2.21. The quantitative estimate of drug-likeness (QED) is 0.638. The van der Waals surface area contributed by atoms with E-state index in [0.29, 0.717) is 0 Å². The molecule has 0 spiro atoms. The van der Waals surface area contributed by atoms with Crippen LogP contribution in [0.2, 0.25) is 0 Å². The molecule has 0 amide bonds. The number of fused-ring (bicyclic) bond motifs is 3. The lowest BCUT2D eigenvalue weighted by Crippen LogP contribution is -2.16. The average Bonchev–Trinajstić information content (AvgIpc) is 2.60. The lowest BCUT2D eigenvalue weighted by molar-refractivity contribution is 0.0777. The smallest absolute Gasteiger partial charge is 0.242 e. The summed E-state index contributed by atoms with van der Waals surface area (Å²) in [5.41, 5.74) is 0.708. The van der Waals surface area contributed by atoms with Gasteiger partial charge in [0.25, 0.3) is 0 Å². The van der Waals surface area contributed by atoms with Crippen molar-refractivity contribution in [2.45, 2.75) is 25.2 Å². The normalized spacial score (nSPS) is 37.1. The summed E-state index contributed by atoms with van der Waals surface area (Å²) < 4.78 is 16.6. The molecule has 3 nitrogen and oxygen atoms in total. The van der Waals surface area contributed by atoms with Gasteiger partial charge in [-0.05, 0) is 19.1 Å². The van der Waals surface area contributed by atoms with Crippen LogP contribution in [0.5, 0.6) is 11.5 Å². The summed E-state index contributed by atoms with van der Waals surface area (Å²) in [7, 11) is 1.66. The number of hydrogen-bond acceptors (Lipinski definition) is 3. The second kappa shape index (κ2) is 2.06. The summed E-state index contributed by atoms with van der Waals surface area (Å²) in [6.07, 6.45) is 0. The first kappa shape index (κ1) is 8.12. The monoisotopic (exact) mass is 192 g/mol. The Labute approximate surface area is 82.6 Å². The van der Waals surface area contributed by atoms with Gasteiger partial charge < -0.3 is 14.2 Å². The fourth-order valence-corrected chi connectivity index (χ4v) is 2.21. The summed E-state index contributed by atoms with van der Waals surface area (Å²) in [4.78, 5) is 0. The van der Waals surface area contributed by atoms with Gasteiger partial charge in [0.15, 0.2) is 5.60 Å². The van der Waals surface area contributed by atoms with E-state index in [-0.39, 0.29) is 5.60 Å². The Morgan fingerprint density at radius 3 is 2.79 bits per heavy atom. The Kier molecular flexibility index (Phi) is 1.19. The lowest BCUT2D eigenvalue weighted by Gasteiger charge is -2.10. The Balaban J connectivity index is 2.23. The summed E-state index contributed by atoms with van der Waals surface area (Å²) in [6.45, 7) is 3.98. The van der Waals surface area contributed by atoms with Gasteiger partial charge in [-0.15, -0.1) is 0 Å². The third-order valence-corrected chi connectivity index (χ3v) is 3.21. The molecule has 2 aliphatic heterocycles. The lowest BCUT2D eigenvalue weighted by atomic mass is 9.97. The van der Waals surface area contributed by atoms with Gasteiger partial charge in [-0.25, -0.2) is 0 Å². The number of methoxy groups -OCH3 is 1. The van der Waals surface area contributed by atoms with Gasteiger partial charge in [-0.3, -0.25) is 0 Å². The van der Waals surface area contributed by atoms with E-state index in [1.165, 1.54) is 0 Å². The number of rotatable bonds is 1. The first-order valence-electron chi connectivity index (χ1n) is 4.67. The Morgan fingerprint density at radius 1 is 1.29 bits per heavy atom. The molecule has 3 rings (SSSR count). The Morgan fingerprint density at radius 2 is 2.07 bits per heavy atom. The molecule has 0 bridgehead atoms. The molecule has 3 heteroatoms. The zero-order chi connectivity index (χ0) is 9.97. The van der Waals surface area contributed by atoms with E-state index in [1.807, 2.05) is 32.0 Å². The van der Waals surface area contributed by atoms with Crippen LogP contribution in [0.4, 0.5) is 0 Å². The van der Waals surface area contributed by atoms with E-state index in [9.17, 15) is 0 Å². The minimum absolute atomic E-state index is 0.324. The first-order valence-corrected chi connectivity index (χ1v) is 4.67. The van der Waals surface area contributed by atoms with E-state index in [1.54, 1.807) is 7.11 Å². The van der Waals surface area contributed by atoms with Crippen LogP contribution >= 0.6 is 0 Å². The average molecular weight is 192 g/mol. The van der Waals surface area contributed by atoms with Gasteiger partial charge in [0.1, 0.15) is 11.5 Å². The van der Waals surface area contributed by atoms with Crippen molar-refractivity contribution in [2.24, 2.45) is 0 Å². The van der Waals surface area contributed by atoms with Crippen molar-refractivity contribution < 1.29 is 14.2 Å². The molecule has 2 aliphatic rings. The van der Waals surface area contributed by atoms with Crippen molar-refractivity contribution in [3.8, 4) is 11.5 Å². The summed E-state index contributed by atoms with van der Waals surface area (Å²) in [5, 5.41) is 0. The maximum Gasteiger partial charge on any atom is 0.242 e. The highest BCUT2D eigenvalue weighted by molar-refractivity contribution is 5.56. The van der Waals surface area contributed by atoms with Crippen LogP contribution in [0.15, 0.2) is 18.2 Å². The molecule has 14 heavy (non-hydrogen) atoms. The second-order valence-electron chi connectivity index (χ2n) is 4.02. The predicted octanol–water partition coefficient (Wildman–Crippen LogP) is 2.05. The molecular weight excluding hydrogens is 180 g/mol. The zero-order valence-electron chi connectivity index (χ0n) is 8.46.